The number of rotatable bonds is 1. The summed E-state index contributed by atoms with van der Waals surface area (Å²) in [5.41, 5.74) is 8.35. The predicted octanol–water partition coefficient (Wildman–Crippen LogP) is 1.42. The first-order chi connectivity index (χ1) is 4.43. The molecule has 0 amide bonds. The average Bonchev–Trinajstić information content (AvgIpc) is 1.91. The summed E-state index contributed by atoms with van der Waals surface area (Å²) in [5.74, 6) is 0. The van der Waals surface area contributed by atoms with Gasteiger partial charge >= 0.3 is 0 Å². The summed E-state index contributed by atoms with van der Waals surface area (Å²) in [6.45, 7) is 0. The molecule has 1 aromatic rings. The van der Waals surface area contributed by atoms with E-state index < -0.39 is 0 Å². The molecule has 0 N–H and O–H groups in total. The zero-order valence-corrected chi connectivity index (χ0v) is 4.47. The first kappa shape index (κ1) is 5.53. The molecule has 0 atom stereocenters. The SMILES string of the molecule is [N-]=[N+]=Nc1cncnc1. The van der Waals surface area contributed by atoms with Gasteiger partial charge in [-0.1, -0.05) is 5.11 Å². The molecule has 1 rings (SSSR count). The minimum Gasteiger partial charge on any atom is -0.244 e. The van der Waals surface area contributed by atoms with Crippen molar-refractivity contribution in [2.24, 2.45) is 5.11 Å². The third-order valence-corrected chi connectivity index (χ3v) is 0.707. The van der Waals surface area contributed by atoms with E-state index in [9.17, 15) is 0 Å². The van der Waals surface area contributed by atoms with E-state index in [1.54, 1.807) is 0 Å². The number of hydrogen-bond donors (Lipinski definition) is 0. The molecule has 1 heterocycles. The lowest BCUT2D eigenvalue weighted by Crippen LogP contribution is -1.70. The molecule has 9 heavy (non-hydrogen) atoms. The summed E-state index contributed by atoms with van der Waals surface area (Å²) in [4.78, 5) is 9.81. The van der Waals surface area contributed by atoms with Gasteiger partial charge < -0.3 is 0 Å². The summed E-state index contributed by atoms with van der Waals surface area (Å²) in [6, 6.07) is 0. The Hall–Kier alpha value is -1.61. The van der Waals surface area contributed by atoms with Crippen LogP contribution in [0.15, 0.2) is 23.8 Å². The summed E-state index contributed by atoms with van der Waals surface area (Å²) < 4.78 is 0. The fraction of sp³-hybridized carbons (Fsp3) is 0. The molecule has 44 valence electrons. The fourth-order valence-corrected chi connectivity index (χ4v) is 0.395. The van der Waals surface area contributed by atoms with Gasteiger partial charge in [0.2, 0.25) is 0 Å². The minimum atomic E-state index is 0.431. The average molecular weight is 121 g/mol. The van der Waals surface area contributed by atoms with Gasteiger partial charge in [-0.2, -0.15) is 0 Å². The van der Waals surface area contributed by atoms with Crippen LogP contribution in [0.4, 0.5) is 5.69 Å². The highest BCUT2D eigenvalue weighted by atomic mass is 15.1. The van der Waals surface area contributed by atoms with E-state index in [0.29, 0.717) is 5.69 Å². The fourth-order valence-electron chi connectivity index (χ4n) is 0.395. The molecule has 5 heteroatoms. The smallest absolute Gasteiger partial charge is 0.115 e. The van der Waals surface area contributed by atoms with Gasteiger partial charge in [0, 0.05) is 17.3 Å². The maximum Gasteiger partial charge on any atom is 0.115 e. The van der Waals surface area contributed by atoms with Crippen LogP contribution in [0, 0.1) is 0 Å². The Morgan fingerprint density at radius 3 is 2.67 bits per heavy atom. The maximum absolute atomic E-state index is 7.92. The molecule has 0 saturated heterocycles. The van der Waals surface area contributed by atoms with Gasteiger partial charge in [-0.3, -0.25) is 0 Å². The van der Waals surface area contributed by atoms with E-state index in [2.05, 4.69) is 20.0 Å². The number of nitrogens with zero attached hydrogens (tertiary/aromatic N) is 5. The van der Waals surface area contributed by atoms with Crippen LogP contribution in [-0.2, 0) is 0 Å². The Morgan fingerprint density at radius 1 is 1.44 bits per heavy atom. The molecule has 0 unspecified atom stereocenters. The van der Waals surface area contributed by atoms with Gasteiger partial charge in [0.25, 0.3) is 0 Å². The van der Waals surface area contributed by atoms with Gasteiger partial charge in [0.05, 0.1) is 5.69 Å². The highest BCUT2D eigenvalue weighted by molar-refractivity contribution is 5.28. The lowest BCUT2D eigenvalue weighted by atomic mass is 10.6. The Labute approximate surface area is 51.0 Å². The molecule has 0 spiro atoms. The summed E-state index contributed by atoms with van der Waals surface area (Å²) >= 11 is 0. The summed E-state index contributed by atoms with van der Waals surface area (Å²) in [6.07, 6.45) is 4.25. The van der Waals surface area contributed by atoms with Gasteiger partial charge in [-0.15, -0.1) is 0 Å². The predicted molar refractivity (Wildman–Crippen MR) is 30.8 cm³/mol. The maximum atomic E-state index is 7.92. The van der Waals surface area contributed by atoms with Crippen LogP contribution < -0.4 is 0 Å². The zero-order valence-electron chi connectivity index (χ0n) is 4.47. The van der Waals surface area contributed by atoms with Gasteiger partial charge in [0.15, 0.2) is 0 Å². The molecule has 5 nitrogen and oxygen atoms in total. The third-order valence-electron chi connectivity index (χ3n) is 0.707. The molecule has 0 aromatic carbocycles. The van der Waals surface area contributed by atoms with Crippen LogP contribution in [0.5, 0.6) is 0 Å². The van der Waals surface area contributed by atoms with Crippen molar-refractivity contribution in [3.8, 4) is 0 Å². The van der Waals surface area contributed by atoms with Gasteiger partial charge in [-0.05, 0) is 5.53 Å². The Morgan fingerprint density at radius 2 is 2.11 bits per heavy atom. The molecule has 0 bridgehead atoms. The van der Waals surface area contributed by atoms with Crippen LogP contribution in [0.2, 0.25) is 0 Å². The molecule has 0 fully saturated rings. The van der Waals surface area contributed by atoms with E-state index in [1.165, 1.54) is 18.7 Å². The molecular formula is C4H3N5. The van der Waals surface area contributed by atoms with Crippen LogP contribution in [0.25, 0.3) is 10.4 Å². The van der Waals surface area contributed by atoms with Crippen molar-refractivity contribution >= 4 is 5.69 Å². The molecule has 0 saturated carbocycles. The Balaban J connectivity index is 2.97. The first-order valence-electron chi connectivity index (χ1n) is 2.23. The topological polar surface area (TPSA) is 74.5 Å². The molecule has 0 aliphatic carbocycles. The van der Waals surface area contributed by atoms with Crippen LogP contribution >= 0.6 is 0 Å². The highest BCUT2D eigenvalue weighted by Gasteiger charge is 1.81. The van der Waals surface area contributed by atoms with E-state index in [1.807, 2.05) is 0 Å². The van der Waals surface area contributed by atoms with Gasteiger partial charge in [0.1, 0.15) is 6.33 Å². The van der Waals surface area contributed by atoms with E-state index in [-0.39, 0.29) is 0 Å². The molecule has 0 aliphatic heterocycles. The van der Waals surface area contributed by atoms with E-state index in [4.69, 9.17) is 5.53 Å². The summed E-state index contributed by atoms with van der Waals surface area (Å²) in [7, 11) is 0. The lowest BCUT2D eigenvalue weighted by molar-refractivity contribution is 1.15. The van der Waals surface area contributed by atoms with Crippen LogP contribution in [0.1, 0.15) is 0 Å². The number of hydrogen-bond acceptors (Lipinski definition) is 3. The second-order valence-corrected chi connectivity index (χ2v) is 1.29. The largest absolute Gasteiger partial charge is 0.244 e. The normalized spacial score (nSPS) is 8.00. The third kappa shape index (κ3) is 1.40. The minimum absolute atomic E-state index is 0.431. The number of aromatic nitrogens is 2. The summed E-state index contributed by atoms with van der Waals surface area (Å²) in [5, 5.41) is 3.26. The van der Waals surface area contributed by atoms with Crippen molar-refractivity contribution in [3.05, 3.63) is 29.2 Å². The Bertz CT molecular complexity index is 224. The van der Waals surface area contributed by atoms with Crippen molar-refractivity contribution in [1.29, 1.82) is 0 Å². The van der Waals surface area contributed by atoms with Crippen LogP contribution in [0.3, 0.4) is 0 Å². The van der Waals surface area contributed by atoms with Crippen molar-refractivity contribution < 1.29 is 0 Å². The molecule has 0 radical (unpaired) electrons. The molecule has 1 aromatic heterocycles. The molecule has 0 aliphatic rings. The van der Waals surface area contributed by atoms with E-state index >= 15 is 0 Å². The first-order valence-corrected chi connectivity index (χ1v) is 2.23. The Kier molecular flexibility index (Phi) is 1.62. The van der Waals surface area contributed by atoms with Crippen molar-refractivity contribution in [2.75, 3.05) is 0 Å². The van der Waals surface area contributed by atoms with Gasteiger partial charge in [-0.25, -0.2) is 9.97 Å². The monoisotopic (exact) mass is 121 g/mol. The van der Waals surface area contributed by atoms with E-state index in [0.717, 1.165) is 0 Å². The second kappa shape index (κ2) is 2.64. The highest BCUT2D eigenvalue weighted by Crippen LogP contribution is 2.04. The molecular weight excluding hydrogens is 118 g/mol. The second-order valence-electron chi connectivity index (χ2n) is 1.29. The van der Waals surface area contributed by atoms with Crippen molar-refractivity contribution in [1.82, 2.24) is 9.97 Å². The zero-order chi connectivity index (χ0) is 6.53. The van der Waals surface area contributed by atoms with Crippen LogP contribution in [-0.4, -0.2) is 9.97 Å². The van der Waals surface area contributed by atoms with Crippen molar-refractivity contribution in [3.63, 3.8) is 0 Å². The number of azide groups is 1. The van der Waals surface area contributed by atoms with Crippen molar-refractivity contribution in [2.45, 2.75) is 0 Å². The quantitative estimate of drug-likeness (QED) is 0.320. The lowest BCUT2D eigenvalue weighted by Gasteiger charge is -1.82. The standard InChI is InChI=1S/C4H3N5/c5-9-8-4-1-6-3-7-2-4/h1-3H.